The van der Waals surface area contributed by atoms with Crippen molar-refractivity contribution in [2.75, 3.05) is 24.0 Å². The zero-order valence-corrected chi connectivity index (χ0v) is 24.2. The van der Waals surface area contributed by atoms with E-state index in [0.717, 1.165) is 41.5 Å². The van der Waals surface area contributed by atoms with Crippen LogP contribution in [0.15, 0.2) is 54.6 Å². The molecular weight excluding hydrogens is 492 g/mol. The SMILES string of the molecule is CCCCCCCCS(=O)C(C)Cc1ccc2c(c1)OCO2.Cc1cc(N)ccc1-c1ccc(N)cc1C. The van der Waals surface area contributed by atoms with E-state index in [9.17, 15) is 4.21 Å². The van der Waals surface area contributed by atoms with Crippen molar-refractivity contribution in [2.45, 2.75) is 77.9 Å². The number of nitrogens with two attached hydrogens (primary N) is 2. The van der Waals surface area contributed by atoms with Crippen LogP contribution in [0.25, 0.3) is 11.1 Å². The first-order valence-electron chi connectivity index (χ1n) is 13.8. The van der Waals surface area contributed by atoms with Crippen molar-refractivity contribution in [1.82, 2.24) is 0 Å². The van der Waals surface area contributed by atoms with Crippen LogP contribution in [0.1, 0.15) is 69.1 Å². The van der Waals surface area contributed by atoms with Gasteiger partial charge in [-0.2, -0.15) is 0 Å². The van der Waals surface area contributed by atoms with Crippen LogP contribution < -0.4 is 20.9 Å². The fourth-order valence-corrected chi connectivity index (χ4v) is 5.97. The van der Waals surface area contributed by atoms with Crippen LogP contribution in [0, 0.1) is 13.8 Å². The van der Waals surface area contributed by atoms with Gasteiger partial charge < -0.3 is 20.9 Å². The molecule has 0 fully saturated rings. The summed E-state index contributed by atoms with van der Waals surface area (Å²) in [6.07, 6.45) is 8.32. The predicted octanol–water partition coefficient (Wildman–Crippen LogP) is 7.59. The number of aryl methyl sites for hydroxylation is 2. The molecule has 6 heteroatoms. The summed E-state index contributed by atoms with van der Waals surface area (Å²) in [5.74, 6) is 2.45. The minimum Gasteiger partial charge on any atom is -0.454 e. The van der Waals surface area contributed by atoms with E-state index in [1.165, 1.54) is 59.9 Å². The number of rotatable bonds is 11. The van der Waals surface area contributed by atoms with Crippen molar-refractivity contribution in [3.8, 4) is 22.6 Å². The highest BCUT2D eigenvalue weighted by Gasteiger charge is 2.16. The molecule has 0 aromatic heterocycles. The zero-order valence-electron chi connectivity index (χ0n) is 23.4. The number of fused-ring (bicyclic) bond motifs is 1. The number of hydrogen-bond acceptors (Lipinski definition) is 5. The fourth-order valence-electron chi connectivity index (χ4n) is 4.70. The van der Waals surface area contributed by atoms with E-state index < -0.39 is 10.8 Å². The average molecular weight is 537 g/mol. The largest absolute Gasteiger partial charge is 0.454 e. The molecule has 0 bridgehead atoms. The van der Waals surface area contributed by atoms with Gasteiger partial charge in [0, 0.05) is 33.2 Å². The molecule has 0 amide bonds. The first-order valence-corrected chi connectivity index (χ1v) is 15.1. The second kappa shape index (κ2) is 14.8. The lowest BCUT2D eigenvalue weighted by molar-refractivity contribution is 0.174. The van der Waals surface area contributed by atoms with E-state index in [1.807, 2.05) is 42.5 Å². The van der Waals surface area contributed by atoms with Crippen LogP contribution in [0.3, 0.4) is 0 Å². The Labute approximate surface area is 231 Å². The Hall–Kier alpha value is -2.99. The molecular formula is C32H44N2O3S. The van der Waals surface area contributed by atoms with Crippen molar-refractivity contribution >= 4 is 22.2 Å². The summed E-state index contributed by atoms with van der Waals surface area (Å²) in [7, 11) is -0.743. The van der Waals surface area contributed by atoms with Crippen LogP contribution in [0.2, 0.25) is 0 Å². The number of ether oxygens (including phenoxy) is 2. The Morgan fingerprint density at radius 3 is 1.97 bits per heavy atom. The maximum absolute atomic E-state index is 12.3. The molecule has 0 saturated heterocycles. The maximum Gasteiger partial charge on any atom is 0.231 e. The first kappa shape index (κ1) is 29.6. The quantitative estimate of drug-likeness (QED) is 0.195. The standard InChI is InChI=1S/C18H28O3S.C14H16N2/c1-3-4-5-6-7-8-11-22(19)15(2)12-16-9-10-17-18(13-16)21-14-20-17;1-9-7-11(15)3-5-13(9)14-6-4-12(16)8-10(14)2/h9-10,13,15H,3-8,11-12,14H2,1-2H3;3-8H,15-16H2,1-2H3. The third-order valence-corrected chi connectivity index (χ3v) is 8.65. The third kappa shape index (κ3) is 8.80. The highest BCUT2D eigenvalue weighted by atomic mass is 32.2. The molecule has 1 aliphatic rings. The summed E-state index contributed by atoms with van der Waals surface area (Å²) in [5, 5.41) is 0.191. The summed E-state index contributed by atoms with van der Waals surface area (Å²) in [5.41, 5.74) is 19.1. The molecule has 2 unspecified atom stereocenters. The minimum absolute atomic E-state index is 0.191. The third-order valence-electron chi connectivity index (χ3n) is 6.90. The Morgan fingerprint density at radius 1 is 0.789 bits per heavy atom. The van der Waals surface area contributed by atoms with E-state index in [4.69, 9.17) is 20.9 Å². The van der Waals surface area contributed by atoms with Crippen LogP contribution in [-0.2, 0) is 17.2 Å². The Kier molecular flexibility index (Phi) is 11.5. The fraction of sp³-hybridized carbons (Fsp3) is 0.438. The molecule has 38 heavy (non-hydrogen) atoms. The molecule has 0 aliphatic carbocycles. The van der Waals surface area contributed by atoms with Crippen LogP contribution >= 0.6 is 0 Å². The molecule has 1 heterocycles. The van der Waals surface area contributed by atoms with Gasteiger partial charge in [-0.3, -0.25) is 4.21 Å². The summed E-state index contributed by atoms with van der Waals surface area (Å²) in [4.78, 5) is 0. The number of anilines is 2. The maximum atomic E-state index is 12.3. The number of nitrogen functional groups attached to an aromatic ring is 2. The van der Waals surface area contributed by atoms with Gasteiger partial charge in [-0.15, -0.1) is 0 Å². The molecule has 0 radical (unpaired) electrons. The van der Waals surface area contributed by atoms with Crippen molar-refractivity contribution in [3.05, 3.63) is 71.3 Å². The highest BCUT2D eigenvalue weighted by Crippen LogP contribution is 2.33. The molecule has 3 aromatic carbocycles. The van der Waals surface area contributed by atoms with Gasteiger partial charge in [0.25, 0.3) is 0 Å². The van der Waals surface area contributed by atoms with Crippen LogP contribution in [-0.4, -0.2) is 22.0 Å². The van der Waals surface area contributed by atoms with E-state index in [2.05, 4.69) is 39.8 Å². The second-order valence-corrected chi connectivity index (χ2v) is 12.2. The molecule has 0 saturated carbocycles. The molecule has 4 rings (SSSR count). The van der Waals surface area contributed by atoms with E-state index in [1.54, 1.807) is 0 Å². The van der Waals surface area contributed by atoms with Crippen molar-refractivity contribution in [2.24, 2.45) is 0 Å². The van der Waals surface area contributed by atoms with E-state index in [0.29, 0.717) is 6.79 Å². The lowest BCUT2D eigenvalue weighted by Crippen LogP contribution is -2.16. The van der Waals surface area contributed by atoms with Gasteiger partial charge in [0.1, 0.15) is 0 Å². The van der Waals surface area contributed by atoms with Gasteiger partial charge in [0.05, 0.1) is 0 Å². The van der Waals surface area contributed by atoms with Gasteiger partial charge >= 0.3 is 0 Å². The molecule has 3 aromatic rings. The highest BCUT2D eigenvalue weighted by molar-refractivity contribution is 7.85. The zero-order chi connectivity index (χ0) is 27.5. The average Bonchev–Trinajstić information content (AvgIpc) is 3.35. The van der Waals surface area contributed by atoms with Crippen molar-refractivity contribution < 1.29 is 13.7 Å². The van der Waals surface area contributed by atoms with E-state index in [-0.39, 0.29) is 5.25 Å². The molecule has 4 N–H and O–H groups in total. The monoisotopic (exact) mass is 536 g/mol. The van der Waals surface area contributed by atoms with Gasteiger partial charge in [0.2, 0.25) is 6.79 Å². The summed E-state index contributed by atoms with van der Waals surface area (Å²) < 4.78 is 23.0. The van der Waals surface area contributed by atoms with Crippen LogP contribution in [0.4, 0.5) is 11.4 Å². The smallest absolute Gasteiger partial charge is 0.231 e. The van der Waals surface area contributed by atoms with Crippen LogP contribution in [0.5, 0.6) is 11.5 Å². The number of hydrogen-bond donors (Lipinski definition) is 2. The Bertz CT molecular complexity index is 1160. The molecule has 1 aliphatic heterocycles. The second-order valence-electron chi connectivity index (χ2n) is 10.2. The van der Waals surface area contributed by atoms with E-state index >= 15 is 0 Å². The summed E-state index contributed by atoms with van der Waals surface area (Å²) >= 11 is 0. The summed E-state index contributed by atoms with van der Waals surface area (Å²) in [6.45, 7) is 8.76. The molecule has 5 nitrogen and oxygen atoms in total. The van der Waals surface area contributed by atoms with Gasteiger partial charge in [-0.1, -0.05) is 64.2 Å². The Balaban J connectivity index is 0.000000221. The molecule has 2 atom stereocenters. The molecule has 0 spiro atoms. The first-order chi connectivity index (χ1) is 18.3. The van der Waals surface area contributed by atoms with Crippen molar-refractivity contribution in [3.63, 3.8) is 0 Å². The normalized spacial score (nSPS) is 13.5. The number of unbranched alkanes of at least 4 members (excludes halogenated alkanes) is 5. The van der Waals surface area contributed by atoms with Gasteiger partial charge in [-0.25, -0.2) is 0 Å². The lowest BCUT2D eigenvalue weighted by atomic mass is 9.96. The van der Waals surface area contributed by atoms with Gasteiger partial charge in [-0.05, 0) is 90.9 Å². The summed E-state index contributed by atoms with van der Waals surface area (Å²) in [6, 6.07) is 18.0. The predicted molar refractivity (Wildman–Crippen MR) is 162 cm³/mol. The molecule has 206 valence electrons. The minimum atomic E-state index is -0.743. The Morgan fingerprint density at radius 2 is 1.37 bits per heavy atom. The van der Waals surface area contributed by atoms with Crippen molar-refractivity contribution in [1.29, 1.82) is 0 Å². The van der Waals surface area contributed by atoms with Gasteiger partial charge in [0.15, 0.2) is 11.5 Å². The lowest BCUT2D eigenvalue weighted by Gasteiger charge is -2.12. The number of benzene rings is 3. The topological polar surface area (TPSA) is 87.6 Å².